The predicted molar refractivity (Wildman–Crippen MR) is 77.4 cm³/mol. The van der Waals surface area contributed by atoms with Crippen molar-refractivity contribution in [2.24, 2.45) is 11.1 Å². The summed E-state index contributed by atoms with van der Waals surface area (Å²) in [7, 11) is 1.41. The Bertz CT molecular complexity index is 451. The van der Waals surface area contributed by atoms with Crippen LogP contribution in [0.5, 0.6) is 5.75 Å². The van der Waals surface area contributed by atoms with Gasteiger partial charge in [-0.05, 0) is 36.9 Å². The van der Waals surface area contributed by atoms with Gasteiger partial charge in [-0.25, -0.2) is 4.39 Å². The molecule has 3 N–H and O–H groups in total. The molecule has 0 aliphatic heterocycles. The monoisotopic (exact) mass is 282 g/mol. The highest BCUT2D eigenvalue weighted by atomic mass is 19.1. The van der Waals surface area contributed by atoms with Crippen molar-refractivity contribution < 1.29 is 13.9 Å². The van der Waals surface area contributed by atoms with E-state index in [1.807, 2.05) is 13.8 Å². The van der Waals surface area contributed by atoms with Crippen LogP contribution >= 0.6 is 0 Å². The van der Waals surface area contributed by atoms with Crippen LogP contribution in [0.15, 0.2) is 18.2 Å². The Morgan fingerprint density at radius 3 is 2.55 bits per heavy atom. The first kappa shape index (κ1) is 16.4. The Kier molecular flexibility index (Phi) is 5.95. The molecular weight excluding hydrogens is 259 g/mol. The second kappa shape index (κ2) is 7.24. The Labute approximate surface area is 119 Å². The molecule has 1 aromatic carbocycles. The van der Waals surface area contributed by atoms with Gasteiger partial charge in [-0.15, -0.1) is 0 Å². The highest BCUT2D eigenvalue weighted by Crippen LogP contribution is 2.25. The summed E-state index contributed by atoms with van der Waals surface area (Å²) in [5, 5.41) is 2.77. The summed E-state index contributed by atoms with van der Waals surface area (Å²) in [6.45, 7) is 4.97. The first-order chi connectivity index (χ1) is 9.53. The first-order valence-electron chi connectivity index (χ1n) is 6.84. The molecule has 0 radical (unpaired) electrons. The third-order valence-corrected chi connectivity index (χ3v) is 3.98. The van der Waals surface area contributed by atoms with Gasteiger partial charge in [-0.2, -0.15) is 0 Å². The van der Waals surface area contributed by atoms with E-state index in [0.29, 0.717) is 13.1 Å². The van der Waals surface area contributed by atoms with Crippen LogP contribution in [-0.2, 0) is 0 Å². The molecular formula is C15H23FN2O2. The van der Waals surface area contributed by atoms with Crippen LogP contribution in [-0.4, -0.2) is 26.1 Å². The molecule has 0 spiro atoms. The van der Waals surface area contributed by atoms with Crippen LogP contribution in [0, 0.1) is 11.2 Å². The molecule has 1 aromatic rings. The van der Waals surface area contributed by atoms with Crippen LogP contribution in [0.4, 0.5) is 4.39 Å². The quantitative estimate of drug-likeness (QED) is 0.806. The van der Waals surface area contributed by atoms with E-state index >= 15 is 0 Å². The number of rotatable bonds is 7. The van der Waals surface area contributed by atoms with Gasteiger partial charge in [-0.3, -0.25) is 4.79 Å². The Balaban J connectivity index is 2.87. The summed E-state index contributed by atoms with van der Waals surface area (Å²) < 4.78 is 18.8. The molecule has 0 saturated carbocycles. The van der Waals surface area contributed by atoms with E-state index in [2.05, 4.69) is 5.32 Å². The lowest BCUT2D eigenvalue weighted by atomic mass is 9.82. The minimum atomic E-state index is -0.590. The highest BCUT2D eigenvalue weighted by Gasteiger charge is 2.26. The molecule has 0 heterocycles. The fourth-order valence-corrected chi connectivity index (χ4v) is 2.11. The second-order valence-corrected chi connectivity index (χ2v) is 4.91. The van der Waals surface area contributed by atoms with Gasteiger partial charge in [0.25, 0.3) is 5.91 Å². The number of ether oxygens (including phenoxy) is 1. The molecule has 1 amide bonds. The lowest BCUT2D eigenvalue weighted by Crippen LogP contribution is -2.42. The fraction of sp³-hybridized carbons (Fsp3) is 0.533. The van der Waals surface area contributed by atoms with Crippen LogP contribution in [0.1, 0.15) is 37.0 Å². The van der Waals surface area contributed by atoms with Gasteiger partial charge in [0, 0.05) is 6.54 Å². The zero-order valence-corrected chi connectivity index (χ0v) is 12.3. The zero-order chi connectivity index (χ0) is 15.2. The molecule has 4 nitrogen and oxygen atoms in total. The molecule has 0 bridgehead atoms. The van der Waals surface area contributed by atoms with Gasteiger partial charge in [0.1, 0.15) is 17.1 Å². The molecule has 0 atom stereocenters. The maximum absolute atomic E-state index is 13.8. The highest BCUT2D eigenvalue weighted by molar-refractivity contribution is 5.97. The summed E-state index contributed by atoms with van der Waals surface area (Å²) in [6.07, 6.45) is 1.71. The van der Waals surface area contributed by atoms with E-state index in [4.69, 9.17) is 10.5 Å². The third-order valence-electron chi connectivity index (χ3n) is 3.98. The summed E-state index contributed by atoms with van der Waals surface area (Å²) in [5.74, 6) is -0.832. The van der Waals surface area contributed by atoms with Gasteiger partial charge in [0.05, 0.1) is 7.11 Å². The maximum Gasteiger partial charge on any atom is 0.258 e. The zero-order valence-electron chi connectivity index (χ0n) is 12.3. The average Bonchev–Trinajstić information content (AvgIpc) is 2.48. The van der Waals surface area contributed by atoms with E-state index < -0.39 is 11.7 Å². The lowest BCUT2D eigenvalue weighted by Gasteiger charge is -2.30. The third kappa shape index (κ3) is 3.48. The molecule has 0 aromatic heterocycles. The Morgan fingerprint density at radius 2 is 2.05 bits per heavy atom. The van der Waals surface area contributed by atoms with Crippen LogP contribution in [0.3, 0.4) is 0 Å². The maximum atomic E-state index is 13.8. The summed E-state index contributed by atoms with van der Waals surface area (Å²) in [6, 6.07) is 4.31. The van der Waals surface area contributed by atoms with Crippen molar-refractivity contribution in [3.05, 3.63) is 29.6 Å². The van der Waals surface area contributed by atoms with Gasteiger partial charge in [0.15, 0.2) is 0 Å². The number of nitrogens with two attached hydrogens (primary N) is 1. The van der Waals surface area contributed by atoms with E-state index in [0.717, 1.165) is 12.8 Å². The topological polar surface area (TPSA) is 64.3 Å². The van der Waals surface area contributed by atoms with Crippen molar-refractivity contribution in [2.45, 2.75) is 26.7 Å². The van der Waals surface area contributed by atoms with E-state index in [-0.39, 0.29) is 16.7 Å². The number of hydrogen-bond donors (Lipinski definition) is 2. The lowest BCUT2D eigenvalue weighted by molar-refractivity contribution is 0.0920. The molecule has 0 aliphatic carbocycles. The number of carbonyl (C=O) groups excluding carboxylic acids is 1. The van der Waals surface area contributed by atoms with Crippen molar-refractivity contribution in [3.63, 3.8) is 0 Å². The molecule has 5 heteroatoms. The van der Waals surface area contributed by atoms with Gasteiger partial charge in [0.2, 0.25) is 0 Å². The van der Waals surface area contributed by atoms with Crippen molar-refractivity contribution in [3.8, 4) is 5.75 Å². The summed E-state index contributed by atoms with van der Waals surface area (Å²) >= 11 is 0. The number of benzene rings is 1. The largest absolute Gasteiger partial charge is 0.496 e. The van der Waals surface area contributed by atoms with Crippen molar-refractivity contribution in [2.75, 3.05) is 20.2 Å². The number of carbonyl (C=O) groups is 1. The predicted octanol–water partition coefficient (Wildman–Crippen LogP) is 2.33. The number of hydrogen-bond acceptors (Lipinski definition) is 3. The van der Waals surface area contributed by atoms with Crippen molar-refractivity contribution in [1.82, 2.24) is 5.32 Å². The van der Waals surface area contributed by atoms with Crippen LogP contribution in [0.2, 0.25) is 0 Å². The number of halogens is 1. The van der Waals surface area contributed by atoms with E-state index in [1.165, 1.54) is 19.2 Å². The molecule has 20 heavy (non-hydrogen) atoms. The molecule has 0 saturated heterocycles. The number of nitrogens with one attached hydrogen (secondary N) is 1. The average molecular weight is 282 g/mol. The minimum absolute atomic E-state index is 0.0619. The molecule has 0 fully saturated rings. The van der Waals surface area contributed by atoms with E-state index in [1.54, 1.807) is 6.07 Å². The van der Waals surface area contributed by atoms with Gasteiger partial charge >= 0.3 is 0 Å². The normalized spacial score (nSPS) is 11.2. The van der Waals surface area contributed by atoms with E-state index in [9.17, 15) is 9.18 Å². The number of methoxy groups -OCH3 is 1. The Morgan fingerprint density at radius 1 is 1.40 bits per heavy atom. The first-order valence-corrected chi connectivity index (χ1v) is 6.84. The van der Waals surface area contributed by atoms with Gasteiger partial charge in [-0.1, -0.05) is 19.9 Å². The van der Waals surface area contributed by atoms with Crippen molar-refractivity contribution >= 4 is 5.91 Å². The minimum Gasteiger partial charge on any atom is -0.496 e. The molecule has 0 unspecified atom stereocenters. The van der Waals surface area contributed by atoms with Crippen molar-refractivity contribution in [1.29, 1.82) is 0 Å². The molecule has 112 valence electrons. The number of amides is 1. The summed E-state index contributed by atoms with van der Waals surface area (Å²) in [5.41, 5.74) is 5.58. The smallest absolute Gasteiger partial charge is 0.258 e. The Hall–Kier alpha value is -1.62. The molecule has 0 aliphatic rings. The second-order valence-electron chi connectivity index (χ2n) is 4.91. The van der Waals surface area contributed by atoms with Crippen LogP contribution < -0.4 is 15.8 Å². The van der Waals surface area contributed by atoms with Gasteiger partial charge < -0.3 is 15.8 Å². The standard InChI is InChI=1S/C15H23FN2O2/c1-4-15(5-2,9-17)10-18-14(19)13-11(16)7-6-8-12(13)20-3/h6-8H,4-5,9-10,17H2,1-3H3,(H,18,19). The fourth-order valence-electron chi connectivity index (χ4n) is 2.11. The molecule has 1 rings (SSSR count). The summed E-state index contributed by atoms with van der Waals surface area (Å²) in [4.78, 5) is 12.2. The SMILES string of the molecule is CCC(CC)(CN)CNC(=O)c1c(F)cccc1OC. The van der Waals surface area contributed by atoms with Crippen LogP contribution in [0.25, 0.3) is 0 Å².